The van der Waals surface area contributed by atoms with Gasteiger partial charge in [0.15, 0.2) is 0 Å². The van der Waals surface area contributed by atoms with Crippen LogP contribution in [0.1, 0.15) is 0 Å². The predicted molar refractivity (Wildman–Crippen MR) is 96.0 cm³/mol. The van der Waals surface area contributed by atoms with Gasteiger partial charge in [-0.15, -0.1) is 0 Å². The summed E-state index contributed by atoms with van der Waals surface area (Å²) in [5.41, 5.74) is 0.275. The summed E-state index contributed by atoms with van der Waals surface area (Å²) in [4.78, 5) is 11.6. The number of carbonyl (C=O) groups excluding carboxylic acids is 1. The minimum atomic E-state index is -4.07. The molecule has 0 aliphatic heterocycles. The normalized spacial score (nSPS) is 11.0. The van der Waals surface area contributed by atoms with Crippen LogP contribution in [0.3, 0.4) is 0 Å². The summed E-state index contributed by atoms with van der Waals surface area (Å²) in [6, 6.07) is 10.1. The molecule has 0 spiro atoms. The lowest BCUT2D eigenvalue weighted by molar-refractivity contribution is -0.138. The number of anilines is 1. The first-order chi connectivity index (χ1) is 11.8. The molecule has 6 nitrogen and oxygen atoms in total. The van der Waals surface area contributed by atoms with E-state index in [-0.39, 0.29) is 20.6 Å². The van der Waals surface area contributed by atoms with E-state index in [0.29, 0.717) is 5.75 Å². The maximum absolute atomic E-state index is 13.0. The van der Waals surface area contributed by atoms with Crippen LogP contribution in [-0.4, -0.2) is 35.2 Å². The topological polar surface area (TPSA) is 72.9 Å². The van der Waals surface area contributed by atoms with E-state index >= 15 is 0 Å². The molecule has 0 radical (unpaired) electrons. The Morgan fingerprint density at radius 2 is 1.68 bits per heavy atom. The summed E-state index contributed by atoms with van der Waals surface area (Å²) < 4.78 is 36.6. The van der Waals surface area contributed by atoms with E-state index in [1.54, 1.807) is 12.1 Å². The van der Waals surface area contributed by atoms with E-state index in [2.05, 4.69) is 4.74 Å². The Hall–Kier alpha value is -1.96. The van der Waals surface area contributed by atoms with Crippen molar-refractivity contribution in [3.63, 3.8) is 0 Å². The van der Waals surface area contributed by atoms with Crippen molar-refractivity contribution in [1.82, 2.24) is 0 Å². The second-order valence-corrected chi connectivity index (χ2v) is 7.54. The van der Waals surface area contributed by atoms with Crippen molar-refractivity contribution in [2.24, 2.45) is 0 Å². The largest absolute Gasteiger partial charge is 0.497 e. The third kappa shape index (κ3) is 4.36. The summed E-state index contributed by atoms with van der Waals surface area (Å²) in [5, 5.41) is 0.320. The number of hydrogen-bond donors (Lipinski definition) is 0. The van der Waals surface area contributed by atoms with Crippen molar-refractivity contribution in [2.45, 2.75) is 4.90 Å². The third-order valence-electron chi connectivity index (χ3n) is 3.34. The number of nitrogens with zero attached hydrogens (tertiary/aromatic N) is 1. The van der Waals surface area contributed by atoms with E-state index < -0.39 is 22.5 Å². The highest BCUT2D eigenvalue weighted by atomic mass is 35.5. The fourth-order valence-corrected chi connectivity index (χ4v) is 3.81. The molecule has 134 valence electrons. The average Bonchev–Trinajstić information content (AvgIpc) is 2.61. The Morgan fingerprint density at radius 1 is 1.04 bits per heavy atom. The van der Waals surface area contributed by atoms with Gasteiger partial charge in [-0.2, -0.15) is 0 Å². The zero-order valence-corrected chi connectivity index (χ0v) is 15.7. The van der Waals surface area contributed by atoms with Crippen molar-refractivity contribution in [3.8, 4) is 5.75 Å². The van der Waals surface area contributed by atoms with Gasteiger partial charge in [0.25, 0.3) is 10.0 Å². The fourth-order valence-electron chi connectivity index (χ4n) is 2.01. The van der Waals surface area contributed by atoms with Crippen LogP contribution < -0.4 is 9.04 Å². The highest BCUT2D eigenvalue weighted by Crippen LogP contribution is 2.29. The van der Waals surface area contributed by atoms with Crippen molar-refractivity contribution < 1.29 is 22.7 Å². The molecule has 2 aromatic rings. The lowest BCUT2D eigenvalue weighted by Crippen LogP contribution is -2.36. The average molecular weight is 404 g/mol. The van der Waals surface area contributed by atoms with Gasteiger partial charge in [0, 0.05) is 0 Å². The van der Waals surface area contributed by atoms with Gasteiger partial charge in [-0.1, -0.05) is 23.2 Å². The van der Waals surface area contributed by atoms with Gasteiger partial charge in [0.1, 0.15) is 12.3 Å². The van der Waals surface area contributed by atoms with Gasteiger partial charge in [-0.3, -0.25) is 9.10 Å². The Labute approximate surface area is 155 Å². The van der Waals surface area contributed by atoms with Gasteiger partial charge < -0.3 is 9.47 Å². The number of sulfonamides is 1. The molecular weight excluding hydrogens is 389 g/mol. The lowest BCUT2D eigenvalue weighted by atomic mass is 10.3. The molecule has 0 N–H and O–H groups in total. The molecule has 0 aromatic heterocycles. The maximum Gasteiger partial charge on any atom is 0.326 e. The molecule has 0 aliphatic rings. The molecule has 2 rings (SSSR count). The Balaban J connectivity index is 2.52. The SMILES string of the molecule is COC(=O)CN(c1ccc(OC)cc1)S(=O)(=O)c1ccc(Cl)c(Cl)c1. The maximum atomic E-state index is 13.0. The number of benzene rings is 2. The van der Waals surface area contributed by atoms with Gasteiger partial charge in [-0.25, -0.2) is 8.42 Å². The van der Waals surface area contributed by atoms with E-state index in [9.17, 15) is 13.2 Å². The smallest absolute Gasteiger partial charge is 0.326 e. The Bertz CT molecular complexity index is 869. The highest BCUT2D eigenvalue weighted by Gasteiger charge is 2.28. The van der Waals surface area contributed by atoms with Crippen LogP contribution in [0.2, 0.25) is 10.0 Å². The molecule has 0 aliphatic carbocycles. The quantitative estimate of drug-likeness (QED) is 0.691. The number of methoxy groups -OCH3 is 2. The van der Waals surface area contributed by atoms with Crippen LogP contribution >= 0.6 is 23.2 Å². The molecule has 0 saturated heterocycles. The first-order valence-corrected chi connectivity index (χ1v) is 9.18. The van der Waals surface area contributed by atoms with Gasteiger partial charge >= 0.3 is 5.97 Å². The summed E-state index contributed by atoms with van der Waals surface area (Å²) in [6.07, 6.45) is 0. The Morgan fingerprint density at radius 3 is 2.20 bits per heavy atom. The number of rotatable bonds is 6. The standard InChI is InChI=1S/C16H15Cl2NO5S/c1-23-12-5-3-11(4-6-12)19(10-16(20)24-2)25(21,22)13-7-8-14(17)15(18)9-13/h3-9H,10H2,1-2H3. The molecule has 25 heavy (non-hydrogen) atoms. The van der Waals surface area contributed by atoms with E-state index in [1.165, 1.54) is 44.6 Å². The minimum absolute atomic E-state index is 0.0930. The number of esters is 1. The van der Waals surface area contributed by atoms with Crippen LogP contribution in [0.4, 0.5) is 5.69 Å². The Kier molecular flexibility index (Phi) is 6.16. The minimum Gasteiger partial charge on any atom is -0.497 e. The highest BCUT2D eigenvalue weighted by molar-refractivity contribution is 7.92. The molecule has 0 amide bonds. The van der Waals surface area contributed by atoms with E-state index in [0.717, 1.165) is 4.31 Å². The first-order valence-electron chi connectivity index (χ1n) is 6.98. The van der Waals surface area contributed by atoms with Crippen LogP contribution in [0.15, 0.2) is 47.4 Å². The number of ether oxygens (including phenoxy) is 2. The molecule has 0 bridgehead atoms. The van der Waals surface area contributed by atoms with Gasteiger partial charge in [0.05, 0.1) is 34.8 Å². The molecule has 0 saturated carbocycles. The first kappa shape index (κ1) is 19.4. The summed E-state index contributed by atoms with van der Waals surface area (Å²) >= 11 is 11.8. The molecule has 0 atom stereocenters. The van der Waals surface area contributed by atoms with E-state index in [1.807, 2.05) is 0 Å². The van der Waals surface area contributed by atoms with Crippen LogP contribution in [0.5, 0.6) is 5.75 Å². The zero-order valence-electron chi connectivity index (χ0n) is 13.4. The molecule has 0 unspecified atom stereocenters. The number of carbonyl (C=O) groups is 1. The summed E-state index contributed by atoms with van der Waals surface area (Å²) in [6.45, 7) is -0.495. The zero-order chi connectivity index (χ0) is 18.6. The summed E-state index contributed by atoms with van der Waals surface area (Å²) in [7, 11) is -1.39. The number of hydrogen-bond acceptors (Lipinski definition) is 5. The van der Waals surface area contributed by atoms with Gasteiger partial charge in [-0.05, 0) is 42.5 Å². The van der Waals surface area contributed by atoms with Crippen molar-refractivity contribution in [1.29, 1.82) is 0 Å². The van der Waals surface area contributed by atoms with Crippen molar-refractivity contribution in [2.75, 3.05) is 25.1 Å². The monoisotopic (exact) mass is 403 g/mol. The summed E-state index contributed by atoms with van der Waals surface area (Å²) in [5.74, 6) is -0.159. The van der Waals surface area contributed by atoms with Crippen molar-refractivity contribution in [3.05, 3.63) is 52.5 Å². The van der Waals surface area contributed by atoms with E-state index in [4.69, 9.17) is 27.9 Å². The molecule has 2 aromatic carbocycles. The van der Waals surface area contributed by atoms with Crippen LogP contribution in [-0.2, 0) is 19.6 Å². The van der Waals surface area contributed by atoms with Crippen LogP contribution in [0, 0.1) is 0 Å². The lowest BCUT2D eigenvalue weighted by Gasteiger charge is -2.23. The van der Waals surface area contributed by atoms with Gasteiger partial charge in [0.2, 0.25) is 0 Å². The molecule has 9 heteroatoms. The second kappa shape index (κ2) is 7.95. The van der Waals surface area contributed by atoms with Crippen LogP contribution in [0.25, 0.3) is 0 Å². The second-order valence-electron chi connectivity index (χ2n) is 4.86. The fraction of sp³-hybridized carbons (Fsp3) is 0.188. The molecule has 0 heterocycles. The third-order valence-corrected chi connectivity index (χ3v) is 5.85. The molecular formula is C16H15Cl2NO5S. The number of halogens is 2. The van der Waals surface area contributed by atoms with Crippen molar-refractivity contribution >= 4 is 44.9 Å². The molecule has 0 fully saturated rings. The predicted octanol–water partition coefficient (Wildman–Crippen LogP) is 3.37.